The minimum atomic E-state index is -1.45. The van der Waals surface area contributed by atoms with Gasteiger partial charge < -0.3 is 20.3 Å². The molecule has 2 aromatic rings. The molecule has 3 atom stereocenters. The largest absolute Gasteiger partial charge is 0.496 e. The third-order valence-electron chi connectivity index (χ3n) is 6.99. The number of fused-ring (bicyclic) bond motifs is 1. The Morgan fingerprint density at radius 3 is 2.34 bits per heavy atom. The molecule has 0 aliphatic carbocycles. The van der Waals surface area contributed by atoms with Gasteiger partial charge in [0.25, 0.3) is 5.91 Å². The molecule has 0 fully saturated rings. The van der Waals surface area contributed by atoms with E-state index in [1.54, 1.807) is 12.1 Å². The molecule has 0 saturated heterocycles. The van der Waals surface area contributed by atoms with E-state index >= 15 is 0 Å². The molecule has 2 aromatic carbocycles. The van der Waals surface area contributed by atoms with Crippen molar-refractivity contribution in [1.29, 1.82) is 0 Å². The van der Waals surface area contributed by atoms with Gasteiger partial charge >= 0.3 is 11.9 Å². The monoisotopic (exact) mass is 544 g/mol. The summed E-state index contributed by atoms with van der Waals surface area (Å²) in [5, 5.41) is 24.6. The average molecular weight is 545 g/mol. The van der Waals surface area contributed by atoms with Crippen LogP contribution in [0.2, 0.25) is 0 Å². The van der Waals surface area contributed by atoms with Crippen LogP contribution in [-0.4, -0.2) is 56.7 Å². The standard InChI is InChI=1S/C28H36N2O7S/c1-4-6-12-28(5-2)17-38(36)23-16-20(27(35)29-19(13-24(31)32)14-25(33)34)22(37-3)15-21(23)26(30-28)18-10-8-7-9-11-18/h7-11,15-16,19,26,30H,4-6,12-14,17H2,1-3H3,(H,29,35)(H,31,32)(H,33,34)/t26-,28-,38?/m1/s1. The van der Waals surface area contributed by atoms with Crippen LogP contribution in [0.4, 0.5) is 0 Å². The molecule has 0 saturated carbocycles. The number of aliphatic carboxylic acids is 2. The number of hydrogen-bond acceptors (Lipinski definition) is 6. The van der Waals surface area contributed by atoms with E-state index in [1.807, 2.05) is 30.3 Å². The van der Waals surface area contributed by atoms with Crippen molar-refractivity contribution < 1.29 is 33.5 Å². The van der Waals surface area contributed by atoms with Gasteiger partial charge in [0.2, 0.25) is 0 Å². The lowest BCUT2D eigenvalue weighted by molar-refractivity contribution is -0.139. The molecule has 10 heteroatoms. The van der Waals surface area contributed by atoms with E-state index in [1.165, 1.54) is 7.11 Å². The number of carbonyl (C=O) groups excluding carboxylic acids is 1. The molecule has 206 valence electrons. The van der Waals surface area contributed by atoms with Crippen molar-refractivity contribution in [3.05, 3.63) is 59.2 Å². The van der Waals surface area contributed by atoms with E-state index in [-0.39, 0.29) is 22.9 Å². The molecule has 9 nitrogen and oxygen atoms in total. The lowest BCUT2D eigenvalue weighted by Gasteiger charge is -2.36. The van der Waals surface area contributed by atoms with Crippen LogP contribution in [0.3, 0.4) is 0 Å². The quantitative estimate of drug-likeness (QED) is 0.315. The molecule has 1 heterocycles. The van der Waals surface area contributed by atoms with Gasteiger partial charge in [0.1, 0.15) is 5.75 Å². The number of rotatable bonds is 12. The summed E-state index contributed by atoms with van der Waals surface area (Å²) in [6.07, 6.45) is 2.50. The predicted octanol–water partition coefficient (Wildman–Crippen LogP) is 3.88. The molecule has 38 heavy (non-hydrogen) atoms. The Morgan fingerprint density at radius 2 is 1.79 bits per heavy atom. The topological polar surface area (TPSA) is 142 Å². The number of methoxy groups -OCH3 is 1. The Labute approximate surface area is 225 Å². The van der Waals surface area contributed by atoms with E-state index < -0.39 is 47.5 Å². The first kappa shape index (κ1) is 29.3. The van der Waals surface area contributed by atoms with Gasteiger partial charge in [-0.1, -0.05) is 57.0 Å². The van der Waals surface area contributed by atoms with Crippen molar-refractivity contribution in [2.75, 3.05) is 12.9 Å². The highest BCUT2D eigenvalue weighted by molar-refractivity contribution is 7.85. The number of nitrogens with one attached hydrogen (secondary N) is 2. The van der Waals surface area contributed by atoms with Gasteiger partial charge in [-0.3, -0.25) is 23.9 Å². The normalized spacial score (nSPS) is 20.8. The number of benzene rings is 2. The van der Waals surface area contributed by atoms with Crippen LogP contribution in [0.25, 0.3) is 0 Å². The zero-order chi connectivity index (χ0) is 27.9. The molecular weight excluding hydrogens is 508 g/mol. The van der Waals surface area contributed by atoms with Crippen LogP contribution in [-0.2, 0) is 20.4 Å². The van der Waals surface area contributed by atoms with Crippen LogP contribution in [0.5, 0.6) is 5.75 Å². The summed E-state index contributed by atoms with van der Waals surface area (Å²) >= 11 is 0. The van der Waals surface area contributed by atoms with Crippen molar-refractivity contribution in [3.63, 3.8) is 0 Å². The van der Waals surface area contributed by atoms with Crippen LogP contribution in [0, 0.1) is 0 Å². The first-order valence-electron chi connectivity index (χ1n) is 12.8. The maximum atomic E-state index is 13.9. The summed E-state index contributed by atoms with van der Waals surface area (Å²) in [7, 11) is -0.0366. The fourth-order valence-electron chi connectivity index (χ4n) is 4.91. The molecular formula is C28H36N2O7S. The average Bonchev–Trinajstić information content (AvgIpc) is 3.00. The summed E-state index contributed by atoms with van der Waals surface area (Å²) < 4.78 is 19.4. The van der Waals surface area contributed by atoms with E-state index in [2.05, 4.69) is 24.5 Å². The van der Waals surface area contributed by atoms with Gasteiger partial charge in [0.15, 0.2) is 0 Å². The minimum Gasteiger partial charge on any atom is -0.496 e. The zero-order valence-electron chi connectivity index (χ0n) is 22.0. The van der Waals surface area contributed by atoms with Crippen LogP contribution >= 0.6 is 0 Å². The highest BCUT2D eigenvalue weighted by Gasteiger charge is 2.39. The molecule has 1 aliphatic heterocycles. The number of hydrogen-bond donors (Lipinski definition) is 4. The van der Waals surface area contributed by atoms with Gasteiger partial charge in [0.05, 0.1) is 48.4 Å². The first-order chi connectivity index (χ1) is 18.1. The third kappa shape index (κ3) is 6.99. The van der Waals surface area contributed by atoms with Gasteiger partial charge in [-0.05, 0) is 36.1 Å². The second kappa shape index (κ2) is 13.0. The maximum Gasteiger partial charge on any atom is 0.305 e. The molecule has 0 radical (unpaired) electrons. The highest BCUT2D eigenvalue weighted by Crippen LogP contribution is 2.39. The van der Waals surface area contributed by atoms with Crippen LogP contribution in [0.15, 0.2) is 47.4 Å². The molecule has 0 bridgehead atoms. The minimum absolute atomic E-state index is 0.0738. The molecule has 4 N–H and O–H groups in total. The van der Waals surface area contributed by atoms with Gasteiger partial charge in [-0.15, -0.1) is 0 Å². The van der Waals surface area contributed by atoms with E-state index in [9.17, 15) is 18.6 Å². The van der Waals surface area contributed by atoms with Gasteiger partial charge in [-0.25, -0.2) is 0 Å². The summed E-state index contributed by atoms with van der Waals surface area (Å²) in [4.78, 5) is 36.2. The van der Waals surface area contributed by atoms with E-state index in [4.69, 9.17) is 14.9 Å². The fourth-order valence-corrected chi connectivity index (χ4v) is 6.68. The summed E-state index contributed by atoms with van der Waals surface area (Å²) in [5.74, 6) is -2.55. The molecule has 1 aliphatic rings. The fraction of sp³-hybridized carbons (Fsp3) is 0.464. The Kier molecular flexibility index (Phi) is 10.0. The van der Waals surface area contributed by atoms with E-state index in [0.29, 0.717) is 10.6 Å². The first-order valence-corrected chi connectivity index (χ1v) is 14.1. The Bertz CT molecular complexity index is 1170. The lowest BCUT2D eigenvalue weighted by atomic mass is 9.88. The smallest absolute Gasteiger partial charge is 0.305 e. The van der Waals surface area contributed by atoms with Crippen LogP contribution < -0.4 is 15.4 Å². The Balaban J connectivity index is 2.11. The number of amides is 1. The molecule has 1 unspecified atom stereocenters. The molecule has 1 amide bonds. The second-order valence-corrected chi connectivity index (χ2v) is 11.1. The lowest BCUT2D eigenvalue weighted by Crippen LogP contribution is -2.49. The van der Waals surface area contributed by atoms with Crippen molar-refractivity contribution in [1.82, 2.24) is 10.6 Å². The molecule has 0 spiro atoms. The second-order valence-electron chi connectivity index (χ2n) is 9.67. The zero-order valence-corrected chi connectivity index (χ0v) is 22.8. The predicted molar refractivity (Wildman–Crippen MR) is 144 cm³/mol. The molecule has 3 rings (SSSR count). The number of ether oxygens (including phenoxy) is 1. The Morgan fingerprint density at radius 1 is 1.13 bits per heavy atom. The van der Waals surface area contributed by atoms with E-state index in [0.717, 1.165) is 36.8 Å². The summed E-state index contributed by atoms with van der Waals surface area (Å²) in [6, 6.07) is 11.7. The number of unbranched alkanes of at least 4 members (excludes halogenated alkanes) is 1. The van der Waals surface area contributed by atoms with Crippen molar-refractivity contribution in [2.45, 2.75) is 74.9 Å². The number of carboxylic acid groups (broad SMARTS) is 2. The maximum absolute atomic E-state index is 13.9. The van der Waals surface area contributed by atoms with Crippen molar-refractivity contribution in [3.8, 4) is 5.75 Å². The number of carbonyl (C=O) groups is 3. The van der Waals surface area contributed by atoms with Gasteiger partial charge in [0, 0.05) is 16.2 Å². The van der Waals surface area contributed by atoms with Gasteiger partial charge in [-0.2, -0.15) is 0 Å². The summed E-state index contributed by atoms with van der Waals surface area (Å²) in [6.45, 7) is 4.21. The van der Waals surface area contributed by atoms with Crippen molar-refractivity contribution >= 4 is 28.6 Å². The van der Waals surface area contributed by atoms with Crippen LogP contribution in [0.1, 0.15) is 79.9 Å². The van der Waals surface area contributed by atoms with Crippen molar-refractivity contribution in [2.24, 2.45) is 0 Å². The highest BCUT2D eigenvalue weighted by atomic mass is 32.2. The summed E-state index contributed by atoms with van der Waals surface area (Å²) in [5.41, 5.74) is 1.42. The third-order valence-corrected chi connectivity index (χ3v) is 8.65. The Hall–Kier alpha value is -3.24. The number of carboxylic acids is 2. The molecule has 0 aromatic heterocycles. The SMILES string of the molecule is CCCC[C@]1(CC)CS(=O)c2cc(C(=O)NC(CC(=O)O)CC(=O)O)c(OC)cc2[C@@H](c2ccccc2)N1.